The highest BCUT2D eigenvalue weighted by atomic mass is 32.2. The molecule has 1 aliphatic heterocycles. The van der Waals surface area contributed by atoms with Gasteiger partial charge in [0.05, 0.1) is 10.5 Å². The van der Waals surface area contributed by atoms with Crippen LogP contribution in [0, 0.1) is 0 Å². The van der Waals surface area contributed by atoms with E-state index in [1.807, 2.05) is 13.8 Å². The molecule has 0 unspecified atom stereocenters. The molecule has 1 aliphatic carbocycles. The number of rotatable bonds is 3. The summed E-state index contributed by atoms with van der Waals surface area (Å²) in [7, 11) is 3.55. The zero-order valence-electron chi connectivity index (χ0n) is 20.7. The van der Waals surface area contributed by atoms with Crippen LogP contribution in [0.4, 0.5) is 23.7 Å². The first kappa shape index (κ1) is 25.4. The number of imide groups is 1. The minimum atomic E-state index is -4.52. The number of carbonyl (C=O) groups excluding carboxylic acids is 2. The van der Waals surface area contributed by atoms with Crippen LogP contribution >= 0.6 is 11.8 Å². The maximum Gasteiger partial charge on any atom is 0.417 e. The molecule has 0 bridgehead atoms. The number of amides is 2. The summed E-state index contributed by atoms with van der Waals surface area (Å²) in [5, 5.41) is 1.77. The molecule has 0 saturated carbocycles. The number of thioether (sulfide) groups is 1. The standard InChI is InChI=1S/C27H29F3N2O2S/c1-25(2)9-10-26(3,4)20-14-18(27(28,29)30)17(13-19(20)25)16-8-7-15(11-21(16)32(5)6)12-22-23(33)31-24(34)35-22/h7-8,11-14H,9-10H2,1-6H3,(H,31,33,34)/b22-12+. The number of benzene rings is 2. The first-order valence-corrected chi connectivity index (χ1v) is 12.2. The van der Waals surface area contributed by atoms with Crippen LogP contribution in [0.15, 0.2) is 35.2 Å². The molecule has 35 heavy (non-hydrogen) atoms. The van der Waals surface area contributed by atoms with Crippen LogP contribution in [0.2, 0.25) is 0 Å². The van der Waals surface area contributed by atoms with E-state index in [4.69, 9.17) is 0 Å². The molecule has 4 rings (SSSR count). The largest absolute Gasteiger partial charge is 0.417 e. The van der Waals surface area contributed by atoms with Gasteiger partial charge in [0.2, 0.25) is 0 Å². The van der Waals surface area contributed by atoms with Crippen LogP contribution in [0.5, 0.6) is 0 Å². The van der Waals surface area contributed by atoms with Crippen molar-refractivity contribution >= 4 is 34.7 Å². The van der Waals surface area contributed by atoms with Crippen LogP contribution in [-0.2, 0) is 21.8 Å². The van der Waals surface area contributed by atoms with Gasteiger partial charge in [-0.3, -0.25) is 14.9 Å². The summed E-state index contributed by atoms with van der Waals surface area (Å²) in [6.07, 6.45) is -1.23. The zero-order valence-corrected chi connectivity index (χ0v) is 21.5. The third-order valence-electron chi connectivity index (χ3n) is 7.03. The van der Waals surface area contributed by atoms with E-state index in [-0.39, 0.29) is 21.3 Å². The van der Waals surface area contributed by atoms with Crippen LogP contribution < -0.4 is 10.2 Å². The fourth-order valence-electron chi connectivity index (χ4n) is 4.88. The van der Waals surface area contributed by atoms with Crippen LogP contribution in [-0.4, -0.2) is 25.2 Å². The molecule has 4 nitrogen and oxygen atoms in total. The van der Waals surface area contributed by atoms with Gasteiger partial charge in [0.1, 0.15) is 0 Å². The van der Waals surface area contributed by atoms with Crippen LogP contribution in [0.1, 0.15) is 62.8 Å². The molecule has 8 heteroatoms. The number of hydrogen-bond donors (Lipinski definition) is 1. The second kappa shape index (κ2) is 8.43. The summed E-state index contributed by atoms with van der Waals surface area (Å²) in [6.45, 7) is 8.20. The molecule has 2 aromatic rings. The van der Waals surface area contributed by atoms with E-state index in [1.54, 1.807) is 49.3 Å². The molecule has 2 amide bonds. The number of alkyl halides is 3. The van der Waals surface area contributed by atoms with Crippen molar-refractivity contribution in [2.75, 3.05) is 19.0 Å². The van der Waals surface area contributed by atoms with Crippen LogP contribution in [0.3, 0.4) is 0 Å². The molecular formula is C27H29F3N2O2S. The van der Waals surface area contributed by atoms with Gasteiger partial charge in [0.25, 0.3) is 11.1 Å². The third-order valence-corrected chi connectivity index (χ3v) is 7.84. The maximum atomic E-state index is 14.4. The minimum absolute atomic E-state index is 0.146. The maximum absolute atomic E-state index is 14.4. The lowest BCUT2D eigenvalue weighted by Gasteiger charge is -2.42. The highest BCUT2D eigenvalue weighted by Crippen LogP contribution is 2.51. The van der Waals surface area contributed by atoms with Gasteiger partial charge in [-0.2, -0.15) is 13.2 Å². The van der Waals surface area contributed by atoms with Crippen molar-refractivity contribution in [2.45, 2.75) is 57.5 Å². The Morgan fingerprint density at radius 2 is 1.54 bits per heavy atom. The van der Waals surface area contributed by atoms with Crippen LogP contribution in [0.25, 0.3) is 17.2 Å². The van der Waals surface area contributed by atoms with Gasteiger partial charge >= 0.3 is 6.18 Å². The molecule has 2 aliphatic rings. The monoisotopic (exact) mass is 502 g/mol. The van der Waals surface area contributed by atoms with Crippen molar-refractivity contribution in [2.24, 2.45) is 0 Å². The van der Waals surface area contributed by atoms with Gasteiger partial charge in [-0.1, -0.05) is 39.8 Å². The molecule has 0 spiro atoms. The smallest absolute Gasteiger partial charge is 0.377 e. The second-order valence-corrected chi connectivity index (χ2v) is 11.7. The van der Waals surface area contributed by atoms with Crippen molar-refractivity contribution in [3.05, 3.63) is 57.5 Å². The minimum Gasteiger partial charge on any atom is -0.377 e. The van der Waals surface area contributed by atoms with E-state index < -0.39 is 22.9 Å². The summed E-state index contributed by atoms with van der Waals surface area (Å²) >= 11 is 0.803. The average Bonchev–Trinajstić information content (AvgIpc) is 3.06. The summed E-state index contributed by atoms with van der Waals surface area (Å²) in [5.74, 6) is -0.477. The summed E-state index contributed by atoms with van der Waals surface area (Å²) in [6, 6.07) is 8.18. The van der Waals surface area contributed by atoms with E-state index in [2.05, 4.69) is 19.2 Å². The number of halogens is 3. The van der Waals surface area contributed by atoms with E-state index in [9.17, 15) is 22.8 Å². The van der Waals surface area contributed by atoms with E-state index >= 15 is 0 Å². The topological polar surface area (TPSA) is 49.4 Å². The summed E-state index contributed by atoms with van der Waals surface area (Å²) < 4.78 is 43.2. The van der Waals surface area contributed by atoms with Gasteiger partial charge in [-0.05, 0) is 82.0 Å². The van der Waals surface area contributed by atoms with E-state index in [0.717, 1.165) is 35.7 Å². The Morgan fingerprint density at radius 3 is 2.06 bits per heavy atom. The molecular weight excluding hydrogens is 473 g/mol. The van der Waals surface area contributed by atoms with Crippen molar-refractivity contribution in [1.29, 1.82) is 0 Å². The number of nitrogens with one attached hydrogen (secondary N) is 1. The van der Waals surface area contributed by atoms with Crippen molar-refractivity contribution < 1.29 is 22.8 Å². The fraction of sp³-hybridized carbons (Fsp3) is 0.407. The summed E-state index contributed by atoms with van der Waals surface area (Å²) in [5.41, 5.74) is 2.29. The Bertz CT molecular complexity index is 1260. The Morgan fingerprint density at radius 1 is 0.943 bits per heavy atom. The predicted molar refractivity (Wildman–Crippen MR) is 136 cm³/mol. The first-order chi connectivity index (χ1) is 16.1. The molecule has 1 N–H and O–H groups in total. The normalized spacial score (nSPS) is 20.1. The Labute approximate surface area is 208 Å². The number of hydrogen-bond acceptors (Lipinski definition) is 4. The lowest BCUT2D eigenvalue weighted by molar-refractivity contribution is -0.137. The van der Waals surface area contributed by atoms with Gasteiger partial charge in [-0.25, -0.2) is 0 Å². The number of carbonyl (C=O) groups is 2. The van der Waals surface area contributed by atoms with Gasteiger partial charge in [0, 0.05) is 25.3 Å². The molecule has 0 radical (unpaired) electrons. The number of fused-ring (bicyclic) bond motifs is 1. The van der Waals surface area contributed by atoms with Gasteiger partial charge in [0.15, 0.2) is 0 Å². The molecule has 2 aromatic carbocycles. The molecule has 0 aromatic heterocycles. The van der Waals surface area contributed by atoms with Gasteiger partial charge < -0.3 is 4.90 Å². The molecule has 0 atom stereocenters. The predicted octanol–water partition coefficient (Wildman–Crippen LogP) is 7.11. The van der Waals surface area contributed by atoms with Crippen molar-refractivity contribution in [3.63, 3.8) is 0 Å². The molecule has 1 saturated heterocycles. The zero-order chi connectivity index (χ0) is 25.9. The third kappa shape index (κ3) is 4.73. The Balaban J connectivity index is 1.95. The van der Waals surface area contributed by atoms with Crippen molar-refractivity contribution in [1.82, 2.24) is 5.32 Å². The first-order valence-electron chi connectivity index (χ1n) is 11.4. The molecule has 186 valence electrons. The number of anilines is 1. The number of nitrogens with zero attached hydrogens (tertiary/aromatic N) is 1. The van der Waals surface area contributed by atoms with Gasteiger partial charge in [-0.15, -0.1) is 0 Å². The second-order valence-electron chi connectivity index (χ2n) is 10.7. The highest BCUT2D eigenvalue weighted by molar-refractivity contribution is 8.18. The lowest BCUT2D eigenvalue weighted by atomic mass is 9.62. The highest BCUT2D eigenvalue weighted by Gasteiger charge is 2.42. The quantitative estimate of drug-likeness (QED) is 0.455. The SMILES string of the molecule is CN(C)c1cc(/C=C2/SC(=O)NC2=O)ccc1-c1cc2c(cc1C(F)(F)F)C(C)(C)CCC2(C)C. The average molecular weight is 503 g/mol. The molecule has 1 fully saturated rings. The van der Waals surface area contributed by atoms with E-state index in [0.29, 0.717) is 16.8 Å². The van der Waals surface area contributed by atoms with E-state index in [1.165, 1.54) is 6.07 Å². The molecule has 1 heterocycles. The lowest BCUT2D eigenvalue weighted by Crippen LogP contribution is -2.34. The summed E-state index contributed by atoms with van der Waals surface area (Å²) in [4.78, 5) is 25.4. The fourth-order valence-corrected chi connectivity index (χ4v) is 5.56. The Kier molecular flexibility index (Phi) is 6.11. The van der Waals surface area contributed by atoms with Crippen molar-refractivity contribution in [3.8, 4) is 11.1 Å². The Hall–Kier alpha value is -2.74.